The molecule has 0 spiro atoms. The van der Waals surface area contributed by atoms with E-state index in [0.29, 0.717) is 13.0 Å². The van der Waals surface area contributed by atoms with Crippen LogP contribution in [0.3, 0.4) is 0 Å². The number of nitrogens with zero attached hydrogens (tertiary/aromatic N) is 2. The number of morpholine rings is 1. The van der Waals surface area contributed by atoms with Crippen molar-refractivity contribution in [2.75, 3.05) is 51.8 Å². The predicted octanol–water partition coefficient (Wildman–Crippen LogP) is 2.79. The normalized spacial score (nSPS) is 15.5. The number of nitrogens with one attached hydrogen (secondary N) is 1. The molecular formula is C23H31N3O2. The molecule has 2 aromatic rings. The minimum atomic E-state index is 0.0538. The van der Waals surface area contributed by atoms with E-state index < -0.39 is 0 Å². The number of rotatable bonds is 7. The van der Waals surface area contributed by atoms with Crippen molar-refractivity contribution in [3.8, 4) is 0 Å². The van der Waals surface area contributed by atoms with Crippen molar-refractivity contribution < 1.29 is 9.53 Å². The van der Waals surface area contributed by atoms with Crippen molar-refractivity contribution in [3.05, 3.63) is 65.2 Å². The van der Waals surface area contributed by atoms with Crippen LogP contribution in [0.2, 0.25) is 0 Å². The van der Waals surface area contributed by atoms with Crippen LogP contribution in [-0.2, 0) is 16.0 Å². The standard InChI is InChI=1S/C23H31N3O2/c1-18-4-8-20(9-5-18)22(25(2)3)17-24-23(27)16-19-6-10-21(11-7-19)26-12-14-28-15-13-26/h4-11,22H,12-17H2,1-3H3,(H,24,27). The van der Waals surface area contributed by atoms with Gasteiger partial charge in [0.15, 0.2) is 0 Å². The molecule has 28 heavy (non-hydrogen) atoms. The van der Waals surface area contributed by atoms with Gasteiger partial charge in [-0.3, -0.25) is 4.79 Å². The quantitative estimate of drug-likeness (QED) is 0.801. The molecule has 0 aliphatic carbocycles. The Morgan fingerprint density at radius 1 is 1.07 bits per heavy atom. The van der Waals surface area contributed by atoms with Crippen LogP contribution in [0.25, 0.3) is 0 Å². The van der Waals surface area contributed by atoms with Gasteiger partial charge >= 0.3 is 0 Å². The monoisotopic (exact) mass is 381 g/mol. The van der Waals surface area contributed by atoms with E-state index in [1.807, 2.05) is 26.2 Å². The first-order valence-electron chi connectivity index (χ1n) is 9.94. The van der Waals surface area contributed by atoms with Crippen LogP contribution in [0.5, 0.6) is 0 Å². The van der Waals surface area contributed by atoms with Crippen molar-refractivity contribution in [1.29, 1.82) is 0 Å². The van der Waals surface area contributed by atoms with Gasteiger partial charge in [0, 0.05) is 25.3 Å². The Morgan fingerprint density at radius 2 is 1.71 bits per heavy atom. The second kappa shape index (κ2) is 9.71. The van der Waals surface area contributed by atoms with Gasteiger partial charge in [-0.2, -0.15) is 0 Å². The van der Waals surface area contributed by atoms with Crippen LogP contribution in [0.15, 0.2) is 48.5 Å². The molecule has 5 heteroatoms. The summed E-state index contributed by atoms with van der Waals surface area (Å²) >= 11 is 0. The Kier molecular flexibility index (Phi) is 7.06. The van der Waals surface area contributed by atoms with Crippen molar-refractivity contribution in [2.24, 2.45) is 0 Å². The van der Waals surface area contributed by atoms with Gasteiger partial charge in [-0.25, -0.2) is 0 Å². The number of hydrogen-bond acceptors (Lipinski definition) is 4. The Morgan fingerprint density at radius 3 is 2.32 bits per heavy atom. The fourth-order valence-electron chi connectivity index (χ4n) is 3.49. The van der Waals surface area contributed by atoms with Crippen molar-refractivity contribution in [2.45, 2.75) is 19.4 Å². The first-order chi connectivity index (χ1) is 13.5. The van der Waals surface area contributed by atoms with Crippen LogP contribution in [0.1, 0.15) is 22.7 Å². The van der Waals surface area contributed by atoms with E-state index in [-0.39, 0.29) is 11.9 Å². The molecule has 1 heterocycles. The number of anilines is 1. The lowest BCUT2D eigenvalue weighted by Crippen LogP contribution is -2.36. The minimum absolute atomic E-state index is 0.0538. The molecule has 0 saturated carbocycles. The van der Waals surface area contributed by atoms with Gasteiger partial charge in [0.2, 0.25) is 5.91 Å². The molecule has 1 unspecified atom stereocenters. The third-order valence-corrected chi connectivity index (χ3v) is 5.26. The van der Waals surface area contributed by atoms with Crippen LogP contribution >= 0.6 is 0 Å². The lowest BCUT2D eigenvalue weighted by molar-refractivity contribution is -0.120. The van der Waals surface area contributed by atoms with Crippen molar-refractivity contribution in [3.63, 3.8) is 0 Å². The molecule has 0 radical (unpaired) electrons. The molecule has 1 saturated heterocycles. The number of amides is 1. The molecule has 1 N–H and O–H groups in total. The van der Waals surface area contributed by atoms with Gasteiger partial charge in [-0.05, 0) is 44.3 Å². The van der Waals surface area contributed by atoms with Gasteiger partial charge in [0.05, 0.1) is 25.7 Å². The maximum atomic E-state index is 12.5. The summed E-state index contributed by atoms with van der Waals surface area (Å²) < 4.78 is 5.40. The summed E-state index contributed by atoms with van der Waals surface area (Å²) in [6.45, 7) is 6.08. The summed E-state index contributed by atoms with van der Waals surface area (Å²) in [6.07, 6.45) is 0.400. The third kappa shape index (κ3) is 5.57. The number of aryl methyl sites for hydroxylation is 1. The van der Waals surface area contributed by atoms with Crippen LogP contribution in [-0.4, -0.2) is 57.8 Å². The number of likely N-dealkylation sites (N-methyl/N-ethyl adjacent to an activating group) is 1. The largest absolute Gasteiger partial charge is 0.378 e. The Balaban J connectivity index is 1.53. The fraction of sp³-hybridized carbons (Fsp3) is 0.435. The van der Waals surface area contributed by atoms with E-state index in [9.17, 15) is 4.79 Å². The zero-order chi connectivity index (χ0) is 19.9. The lowest BCUT2D eigenvalue weighted by Gasteiger charge is -2.29. The van der Waals surface area contributed by atoms with Gasteiger partial charge in [0.25, 0.3) is 0 Å². The van der Waals surface area contributed by atoms with Gasteiger partial charge < -0.3 is 19.9 Å². The van der Waals surface area contributed by atoms with Gasteiger partial charge in [-0.15, -0.1) is 0 Å². The molecule has 1 amide bonds. The van der Waals surface area contributed by atoms with Crippen LogP contribution in [0.4, 0.5) is 5.69 Å². The fourth-order valence-corrected chi connectivity index (χ4v) is 3.49. The molecule has 1 fully saturated rings. The van der Waals surface area contributed by atoms with Gasteiger partial charge in [-0.1, -0.05) is 42.0 Å². The second-order valence-corrected chi connectivity index (χ2v) is 7.64. The third-order valence-electron chi connectivity index (χ3n) is 5.26. The number of carbonyl (C=O) groups excluding carboxylic acids is 1. The van der Waals surface area contributed by atoms with E-state index in [1.165, 1.54) is 16.8 Å². The molecule has 1 aliphatic rings. The Labute approximate surface area is 168 Å². The lowest BCUT2D eigenvalue weighted by atomic mass is 10.0. The summed E-state index contributed by atoms with van der Waals surface area (Å²) in [5, 5.41) is 3.10. The molecule has 2 aromatic carbocycles. The molecule has 1 aliphatic heterocycles. The van der Waals surface area contributed by atoms with E-state index >= 15 is 0 Å². The summed E-state index contributed by atoms with van der Waals surface area (Å²) in [5.41, 5.74) is 4.68. The first kappa shape index (κ1) is 20.4. The second-order valence-electron chi connectivity index (χ2n) is 7.64. The first-order valence-corrected chi connectivity index (χ1v) is 9.94. The van der Waals surface area contributed by atoms with Crippen LogP contribution < -0.4 is 10.2 Å². The molecular weight excluding hydrogens is 350 g/mol. The highest BCUT2D eigenvalue weighted by molar-refractivity contribution is 5.78. The molecule has 1 atom stereocenters. The smallest absolute Gasteiger partial charge is 0.224 e. The summed E-state index contributed by atoms with van der Waals surface area (Å²) in [4.78, 5) is 16.9. The number of hydrogen-bond donors (Lipinski definition) is 1. The highest BCUT2D eigenvalue weighted by Crippen LogP contribution is 2.19. The van der Waals surface area contributed by atoms with Crippen molar-refractivity contribution >= 4 is 11.6 Å². The summed E-state index contributed by atoms with van der Waals surface area (Å²) in [7, 11) is 4.09. The van der Waals surface area contributed by atoms with Crippen LogP contribution in [0, 0.1) is 6.92 Å². The van der Waals surface area contributed by atoms with E-state index in [1.54, 1.807) is 0 Å². The zero-order valence-electron chi connectivity index (χ0n) is 17.1. The average Bonchev–Trinajstić information content (AvgIpc) is 2.70. The molecule has 5 nitrogen and oxygen atoms in total. The average molecular weight is 382 g/mol. The van der Waals surface area contributed by atoms with E-state index in [0.717, 1.165) is 31.9 Å². The molecule has 150 valence electrons. The zero-order valence-corrected chi connectivity index (χ0v) is 17.1. The molecule has 0 bridgehead atoms. The minimum Gasteiger partial charge on any atom is -0.378 e. The molecule has 3 rings (SSSR count). The van der Waals surface area contributed by atoms with E-state index in [2.05, 4.69) is 58.4 Å². The van der Waals surface area contributed by atoms with E-state index in [4.69, 9.17) is 4.74 Å². The SMILES string of the molecule is Cc1ccc(C(CNC(=O)Cc2ccc(N3CCOCC3)cc2)N(C)C)cc1. The number of ether oxygens (including phenoxy) is 1. The summed E-state index contributed by atoms with van der Waals surface area (Å²) in [5.74, 6) is 0.0538. The Bertz CT molecular complexity index is 750. The topological polar surface area (TPSA) is 44.8 Å². The molecule has 0 aromatic heterocycles. The van der Waals surface area contributed by atoms with Crippen molar-refractivity contribution in [1.82, 2.24) is 10.2 Å². The predicted molar refractivity (Wildman–Crippen MR) is 114 cm³/mol. The maximum Gasteiger partial charge on any atom is 0.224 e. The summed E-state index contributed by atoms with van der Waals surface area (Å²) in [6, 6.07) is 17.0. The Hall–Kier alpha value is -2.37. The number of benzene rings is 2. The van der Waals surface area contributed by atoms with Gasteiger partial charge in [0.1, 0.15) is 0 Å². The number of carbonyl (C=O) groups is 1. The highest BCUT2D eigenvalue weighted by Gasteiger charge is 2.16. The highest BCUT2D eigenvalue weighted by atomic mass is 16.5. The maximum absolute atomic E-state index is 12.5.